The van der Waals surface area contributed by atoms with Crippen LogP contribution < -0.4 is 5.32 Å². The number of allylic oxidation sites excluding steroid dienone is 1. The zero-order chi connectivity index (χ0) is 11.6. The topological polar surface area (TPSA) is 12.0 Å². The lowest BCUT2D eigenvalue weighted by Crippen LogP contribution is -2.25. The Morgan fingerprint density at radius 3 is 2.81 bits per heavy atom. The molecule has 1 atom stereocenters. The van der Waals surface area contributed by atoms with Gasteiger partial charge in [0.2, 0.25) is 0 Å². The third kappa shape index (κ3) is 5.38. The van der Waals surface area contributed by atoms with Crippen LogP contribution in [-0.4, -0.2) is 12.6 Å². The average Bonchev–Trinajstić information content (AvgIpc) is 2.33. The lowest BCUT2D eigenvalue weighted by molar-refractivity contribution is 0.552. The highest BCUT2D eigenvalue weighted by molar-refractivity contribution is 5.48. The van der Waals surface area contributed by atoms with Crippen LogP contribution >= 0.6 is 0 Å². The van der Waals surface area contributed by atoms with Crippen molar-refractivity contribution < 1.29 is 0 Å². The largest absolute Gasteiger partial charge is 0.304 e. The van der Waals surface area contributed by atoms with Crippen LogP contribution in [0.1, 0.15) is 25.3 Å². The van der Waals surface area contributed by atoms with Gasteiger partial charge in [-0.2, -0.15) is 0 Å². The van der Waals surface area contributed by atoms with Crippen LogP contribution in [0.15, 0.2) is 36.4 Å². The SMILES string of the molecule is C#CCNC(C)CC/C=C\c1ccccc1. The molecule has 0 fully saturated rings. The molecule has 0 amide bonds. The van der Waals surface area contributed by atoms with E-state index in [1.165, 1.54) is 5.56 Å². The first-order valence-electron chi connectivity index (χ1n) is 5.71. The molecule has 84 valence electrons. The fourth-order valence-corrected chi connectivity index (χ4v) is 1.47. The molecule has 1 nitrogen and oxygen atoms in total. The highest BCUT2D eigenvalue weighted by atomic mass is 14.9. The van der Waals surface area contributed by atoms with Gasteiger partial charge in [0.15, 0.2) is 0 Å². The minimum atomic E-state index is 0.483. The maximum atomic E-state index is 5.18. The summed E-state index contributed by atoms with van der Waals surface area (Å²) in [6.45, 7) is 2.82. The van der Waals surface area contributed by atoms with Crippen molar-refractivity contribution in [3.05, 3.63) is 42.0 Å². The lowest BCUT2D eigenvalue weighted by Gasteiger charge is -2.09. The van der Waals surface area contributed by atoms with E-state index in [1.807, 2.05) is 6.07 Å². The highest BCUT2D eigenvalue weighted by Gasteiger charge is 1.96. The second kappa shape index (κ2) is 7.73. The molecule has 0 spiro atoms. The molecule has 1 aromatic carbocycles. The molecule has 0 radical (unpaired) electrons. The predicted octanol–water partition coefficient (Wildman–Crippen LogP) is 3.09. The second-order valence-corrected chi connectivity index (χ2v) is 3.88. The molecule has 0 saturated carbocycles. The van der Waals surface area contributed by atoms with Crippen molar-refractivity contribution in [3.63, 3.8) is 0 Å². The van der Waals surface area contributed by atoms with Crippen LogP contribution in [0.4, 0.5) is 0 Å². The standard InChI is InChI=1S/C15H19N/c1-3-13-16-14(2)9-7-8-12-15-10-5-4-6-11-15/h1,4-6,8,10-12,14,16H,7,9,13H2,2H3/b12-8-. The van der Waals surface area contributed by atoms with Crippen molar-refractivity contribution in [3.8, 4) is 12.3 Å². The Hall–Kier alpha value is -1.52. The van der Waals surface area contributed by atoms with Gasteiger partial charge in [-0.25, -0.2) is 0 Å². The Morgan fingerprint density at radius 1 is 1.38 bits per heavy atom. The number of benzene rings is 1. The molecule has 0 heterocycles. The van der Waals surface area contributed by atoms with Gasteiger partial charge in [0.1, 0.15) is 0 Å². The smallest absolute Gasteiger partial charge is 0.0575 e. The molecular formula is C15H19N. The first kappa shape index (κ1) is 12.5. The third-order valence-electron chi connectivity index (χ3n) is 2.43. The van der Waals surface area contributed by atoms with Gasteiger partial charge in [0, 0.05) is 6.04 Å². The Bertz CT molecular complexity index is 345. The Labute approximate surface area is 98.6 Å². The Morgan fingerprint density at radius 2 is 2.12 bits per heavy atom. The average molecular weight is 213 g/mol. The van der Waals surface area contributed by atoms with Crippen molar-refractivity contribution in [2.45, 2.75) is 25.8 Å². The maximum Gasteiger partial charge on any atom is 0.0575 e. The van der Waals surface area contributed by atoms with Crippen molar-refractivity contribution in [1.82, 2.24) is 5.32 Å². The van der Waals surface area contributed by atoms with Gasteiger partial charge >= 0.3 is 0 Å². The summed E-state index contributed by atoms with van der Waals surface area (Å²) in [7, 11) is 0. The van der Waals surface area contributed by atoms with Gasteiger partial charge in [0.05, 0.1) is 6.54 Å². The Kier molecular flexibility index (Phi) is 6.06. The minimum Gasteiger partial charge on any atom is -0.304 e. The normalized spacial score (nSPS) is 12.5. The van der Waals surface area contributed by atoms with Gasteiger partial charge < -0.3 is 5.32 Å². The van der Waals surface area contributed by atoms with E-state index in [-0.39, 0.29) is 0 Å². The Balaban J connectivity index is 2.20. The highest BCUT2D eigenvalue weighted by Crippen LogP contribution is 2.04. The quantitative estimate of drug-likeness (QED) is 0.716. The summed E-state index contributed by atoms with van der Waals surface area (Å²) in [5.74, 6) is 2.59. The predicted molar refractivity (Wildman–Crippen MR) is 71.0 cm³/mol. The first-order valence-corrected chi connectivity index (χ1v) is 5.71. The fraction of sp³-hybridized carbons (Fsp3) is 0.333. The van der Waals surface area contributed by atoms with Crippen LogP contribution in [-0.2, 0) is 0 Å². The molecule has 0 aliphatic carbocycles. The molecule has 0 saturated heterocycles. The molecule has 1 rings (SSSR count). The van der Waals surface area contributed by atoms with Crippen LogP contribution in [0.3, 0.4) is 0 Å². The molecule has 1 N–H and O–H groups in total. The molecule has 0 aliphatic rings. The van der Waals surface area contributed by atoms with E-state index in [2.05, 4.69) is 54.6 Å². The van der Waals surface area contributed by atoms with Gasteiger partial charge in [-0.3, -0.25) is 0 Å². The maximum absolute atomic E-state index is 5.18. The van der Waals surface area contributed by atoms with E-state index >= 15 is 0 Å². The monoisotopic (exact) mass is 213 g/mol. The summed E-state index contributed by atoms with van der Waals surface area (Å²) in [6.07, 6.45) is 11.7. The molecule has 1 aromatic rings. The summed E-state index contributed by atoms with van der Waals surface area (Å²) in [5, 5.41) is 3.26. The summed E-state index contributed by atoms with van der Waals surface area (Å²) in [4.78, 5) is 0. The minimum absolute atomic E-state index is 0.483. The molecule has 1 heteroatoms. The zero-order valence-electron chi connectivity index (χ0n) is 9.82. The summed E-state index contributed by atoms with van der Waals surface area (Å²) in [6, 6.07) is 10.8. The van der Waals surface area contributed by atoms with Crippen LogP contribution in [0.25, 0.3) is 6.08 Å². The van der Waals surface area contributed by atoms with Crippen LogP contribution in [0.5, 0.6) is 0 Å². The fourth-order valence-electron chi connectivity index (χ4n) is 1.47. The summed E-state index contributed by atoms with van der Waals surface area (Å²) < 4.78 is 0. The van der Waals surface area contributed by atoms with Gasteiger partial charge in [-0.15, -0.1) is 6.42 Å². The van der Waals surface area contributed by atoms with Crippen LogP contribution in [0, 0.1) is 12.3 Å². The van der Waals surface area contributed by atoms with Gasteiger partial charge in [-0.1, -0.05) is 48.4 Å². The molecule has 16 heavy (non-hydrogen) atoms. The second-order valence-electron chi connectivity index (χ2n) is 3.88. The van der Waals surface area contributed by atoms with E-state index in [4.69, 9.17) is 6.42 Å². The number of rotatable bonds is 6. The van der Waals surface area contributed by atoms with E-state index in [0.29, 0.717) is 12.6 Å². The summed E-state index contributed by atoms with van der Waals surface area (Å²) in [5.41, 5.74) is 1.26. The van der Waals surface area contributed by atoms with Crippen molar-refractivity contribution >= 4 is 6.08 Å². The van der Waals surface area contributed by atoms with E-state index in [0.717, 1.165) is 12.8 Å². The zero-order valence-corrected chi connectivity index (χ0v) is 9.82. The molecular weight excluding hydrogens is 194 g/mol. The molecule has 1 unspecified atom stereocenters. The van der Waals surface area contributed by atoms with Gasteiger partial charge in [-0.05, 0) is 25.3 Å². The lowest BCUT2D eigenvalue weighted by atomic mass is 10.1. The number of hydrogen-bond acceptors (Lipinski definition) is 1. The number of nitrogens with one attached hydrogen (secondary N) is 1. The van der Waals surface area contributed by atoms with E-state index in [9.17, 15) is 0 Å². The van der Waals surface area contributed by atoms with Crippen molar-refractivity contribution in [2.75, 3.05) is 6.54 Å². The molecule has 0 aromatic heterocycles. The van der Waals surface area contributed by atoms with Gasteiger partial charge in [0.25, 0.3) is 0 Å². The van der Waals surface area contributed by atoms with Crippen molar-refractivity contribution in [1.29, 1.82) is 0 Å². The first-order chi connectivity index (χ1) is 7.83. The molecule has 0 bridgehead atoms. The van der Waals surface area contributed by atoms with Crippen molar-refractivity contribution in [2.24, 2.45) is 0 Å². The van der Waals surface area contributed by atoms with E-state index in [1.54, 1.807) is 0 Å². The molecule has 0 aliphatic heterocycles. The van der Waals surface area contributed by atoms with Crippen LogP contribution in [0.2, 0.25) is 0 Å². The number of terminal acetylenes is 1. The number of hydrogen-bond donors (Lipinski definition) is 1. The van der Waals surface area contributed by atoms with E-state index < -0.39 is 0 Å². The summed E-state index contributed by atoms with van der Waals surface area (Å²) >= 11 is 0. The third-order valence-corrected chi connectivity index (χ3v) is 2.43.